The standard InChI is InChI=1S/C20H20ClNO/c1-23-16-10-11-20-18(12-16)17-4-2-3-5-19(17)22(20)13-14-6-8-15(21)9-7-14/h6-12H,2-5,13H2,1H3. The van der Waals surface area contributed by atoms with Crippen molar-refractivity contribution in [2.75, 3.05) is 7.11 Å². The SMILES string of the molecule is COc1ccc2c(c1)c1c(n2Cc2ccc(Cl)cc2)CCCC1. The monoisotopic (exact) mass is 325 g/mol. The Kier molecular flexibility index (Phi) is 3.78. The van der Waals surface area contributed by atoms with Gasteiger partial charge in [-0.15, -0.1) is 0 Å². The predicted octanol–water partition coefficient (Wildman–Crippen LogP) is 5.23. The van der Waals surface area contributed by atoms with E-state index < -0.39 is 0 Å². The number of halogens is 1. The molecular formula is C20H20ClNO. The minimum Gasteiger partial charge on any atom is -0.497 e. The lowest BCUT2D eigenvalue weighted by molar-refractivity contribution is 0.415. The maximum atomic E-state index is 6.02. The minimum absolute atomic E-state index is 0.790. The second-order valence-corrected chi connectivity index (χ2v) is 6.66. The largest absolute Gasteiger partial charge is 0.497 e. The van der Waals surface area contributed by atoms with Crippen molar-refractivity contribution < 1.29 is 4.74 Å². The number of nitrogens with zero attached hydrogens (tertiary/aromatic N) is 1. The molecule has 0 atom stereocenters. The quantitative estimate of drug-likeness (QED) is 0.643. The summed E-state index contributed by atoms with van der Waals surface area (Å²) < 4.78 is 7.91. The molecule has 0 aliphatic heterocycles. The Morgan fingerprint density at radius 1 is 1.04 bits per heavy atom. The van der Waals surface area contributed by atoms with Gasteiger partial charge in [-0.25, -0.2) is 0 Å². The average molecular weight is 326 g/mol. The van der Waals surface area contributed by atoms with Gasteiger partial charge in [-0.3, -0.25) is 0 Å². The van der Waals surface area contributed by atoms with Crippen LogP contribution in [0.15, 0.2) is 42.5 Å². The van der Waals surface area contributed by atoms with Crippen LogP contribution in [-0.4, -0.2) is 11.7 Å². The number of aryl methyl sites for hydroxylation is 1. The Bertz CT molecular complexity index is 848. The van der Waals surface area contributed by atoms with Crippen LogP contribution < -0.4 is 4.74 Å². The lowest BCUT2D eigenvalue weighted by Gasteiger charge is -2.16. The van der Waals surface area contributed by atoms with Crippen molar-refractivity contribution in [3.8, 4) is 5.75 Å². The molecular weight excluding hydrogens is 306 g/mol. The van der Waals surface area contributed by atoms with Crippen LogP contribution in [0.2, 0.25) is 5.02 Å². The van der Waals surface area contributed by atoms with Gasteiger partial charge in [0.2, 0.25) is 0 Å². The van der Waals surface area contributed by atoms with E-state index >= 15 is 0 Å². The van der Waals surface area contributed by atoms with E-state index in [9.17, 15) is 0 Å². The van der Waals surface area contributed by atoms with Crippen LogP contribution in [-0.2, 0) is 19.4 Å². The van der Waals surface area contributed by atoms with Crippen LogP contribution in [0.1, 0.15) is 29.7 Å². The van der Waals surface area contributed by atoms with E-state index in [1.807, 2.05) is 12.1 Å². The highest BCUT2D eigenvalue weighted by atomic mass is 35.5. The van der Waals surface area contributed by atoms with Crippen LogP contribution in [0.4, 0.5) is 0 Å². The lowest BCUT2D eigenvalue weighted by Crippen LogP contribution is -2.09. The van der Waals surface area contributed by atoms with Gasteiger partial charge in [0, 0.05) is 28.2 Å². The summed E-state index contributed by atoms with van der Waals surface area (Å²) in [6, 6.07) is 14.6. The van der Waals surface area contributed by atoms with E-state index in [-0.39, 0.29) is 0 Å². The first-order valence-corrected chi connectivity index (χ1v) is 8.56. The highest BCUT2D eigenvalue weighted by molar-refractivity contribution is 6.30. The number of aromatic nitrogens is 1. The fraction of sp³-hybridized carbons (Fsp3) is 0.300. The molecule has 1 aliphatic rings. The molecule has 0 fully saturated rings. The second-order valence-electron chi connectivity index (χ2n) is 6.23. The van der Waals surface area contributed by atoms with Gasteiger partial charge in [-0.2, -0.15) is 0 Å². The van der Waals surface area contributed by atoms with Crippen LogP contribution >= 0.6 is 11.6 Å². The second kappa shape index (κ2) is 5.93. The van der Waals surface area contributed by atoms with Crippen molar-refractivity contribution in [3.63, 3.8) is 0 Å². The smallest absolute Gasteiger partial charge is 0.119 e. The molecule has 0 spiro atoms. The van der Waals surface area contributed by atoms with Crippen molar-refractivity contribution in [3.05, 3.63) is 64.3 Å². The number of methoxy groups -OCH3 is 1. The van der Waals surface area contributed by atoms with Crippen molar-refractivity contribution in [1.82, 2.24) is 4.57 Å². The van der Waals surface area contributed by atoms with Crippen molar-refractivity contribution in [2.45, 2.75) is 32.2 Å². The molecule has 0 unspecified atom stereocenters. The Hall–Kier alpha value is -1.93. The first kappa shape index (κ1) is 14.6. The summed E-state index contributed by atoms with van der Waals surface area (Å²) >= 11 is 6.02. The van der Waals surface area contributed by atoms with E-state index in [1.54, 1.807) is 7.11 Å². The first-order chi connectivity index (χ1) is 11.3. The summed E-state index contributed by atoms with van der Waals surface area (Å²) in [6.07, 6.45) is 4.90. The molecule has 0 saturated heterocycles. The fourth-order valence-corrected chi connectivity index (χ4v) is 3.82. The number of hydrogen-bond donors (Lipinski definition) is 0. The van der Waals surface area contributed by atoms with E-state index in [0.29, 0.717) is 0 Å². The Labute approximate surface area is 141 Å². The van der Waals surface area contributed by atoms with Gasteiger partial charge < -0.3 is 9.30 Å². The molecule has 3 heteroatoms. The molecule has 2 nitrogen and oxygen atoms in total. The van der Waals surface area contributed by atoms with E-state index in [2.05, 4.69) is 34.9 Å². The van der Waals surface area contributed by atoms with Gasteiger partial charge in [-0.05, 0) is 67.1 Å². The van der Waals surface area contributed by atoms with Crippen molar-refractivity contribution in [1.29, 1.82) is 0 Å². The highest BCUT2D eigenvalue weighted by Crippen LogP contribution is 2.34. The average Bonchev–Trinajstić information content (AvgIpc) is 2.90. The number of hydrogen-bond acceptors (Lipinski definition) is 1. The molecule has 0 saturated carbocycles. The third-order valence-corrected chi connectivity index (χ3v) is 5.09. The summed E-state index contributed by atoms with van der Waals surface area (Å²) in [6.45, 7) is 0.898. The van der Waals surface area contributed by atoms with Crippen molar-refractivity contribution in [2.24, 2.45) is 0 Å². The zero-order valence-electron chi connectivity index (χ0n) is 13.3. The maximum absolute atomic E-state index is 6.02. The number of ether oxygens (including phenoxy) is 1. The van der Waals surface area contributed by atoms with E-state index in [4.69, 9.17) is 16.3 Å². The molecule has 1 heterocycles. The summed E-state index contributed by atoms with van der Waals surface area (Å²) in [4.78, 5) is 0. The normalized spacial score (nSPS) is 14.0. The Morgan fingerprint density at radius 3 is 2.61 bits per heavy atom. The Balaban J connectivity index is 1.86. The molecule has 0 radical (unpaired) electrons. The van der Waals surface area contributed by atoms with E-state index in [1.165, 1.54) is 53.4 Å². The van der Waals surface area contributed by atoms with Crippen LogP contribution in [0, 0.1) is 0 Å². The third-order valence-electron chi connectivity index (χ3n) is 4.84. The molecule has 1 aromatic heterocycles. The maximum Gasteiger partial charge on any atom is 0.119 e. The van der Waals surface area contributed by atoms with Crippen molar-refractivity contribution >= 4 is 22.5 Å². The molecule has 3 aromatic rings. The number of fused-ring (bicyclic) bond motifs is 3. The molecule has 0 N–H and O–H groups in total. The zero-order chi connectivity index (χ0) is 15.8. The zero-order valence-corrected chi connectivity index (χ0v) is 14.1. The summed E-state index contributed by atoms with van der Waals surface area (Å²) in [5.41, 5.74) is 5.61. The molecule has 1 aliphatic carbocycles. The van der Waals surface area contributed by atoms with Gasteiger partial charge in [0.15, 0.2) is 0 Å². The lowest BCUT2D eigenvalue weighted by atomic mass is 9.95. The van der Waals surface area contributed by atoms with Crippen LogP contribution in [0.3, 0.4) is 0 Å². The van der Waals surface area contributed by atoms with Gasteiger partial charge in [0.25, 0.3) is 0 Å². The summed E-state index contributed by atoms with van der Waals surface area (Å²) in [5, 5.41) is 2.14. The predicted molar refractivity (Wildman–Crippen MR) is 95.7 cm³/mol. The number of benzene rings is 2. The molecule has 0 bridgehead atoms. The summed E-state index contributed by atoms with van der Waals surface area (Å²) in [7, 11) is 1.73. The highest BCUT2D eigenvalue weighted by Gasteiger charge is 2.20. The third kappa shape index (κ3) is 2.61. The van der Waals surface area contributed by atoms with Gasteiger partial charge in [-0.1, -0.05) is 23.7 Å². The van der Waals surface area contributed by atoms with Gasteiger partial charge >= 0.3 is 0 Å². The molecule has 4 rings (SSSR count). The molecule has 0 amide bonds. The topological polar surface area (TPSA) is 14.2 Å². The summed E-state index contributed by atoms with van der Waals surface area (Å²) in [5.74, 6) is 0.939. The first-order valence-electron chi connectivity index (χ1n) is 8.18. The Morgan fingerprint density at radius 2 is 1.83 bits per heavy atom. The molecule has 23 heavy (non-hydrogen) atoms. The fourth-order valence-electron chi connectivity index (χ4n) is 3.69. The molecule has 118 valence electrons. The van der Waals surface area contributed by atoms with Crippen LogP contribution in [0.25, 0.3) is 10.9 Å². The van der Waals surface area contributed by atoms with Crippen LogP contribution in [0.5, 0.6) is 5.75 Å². The number of rotatable bonds is 3. The van der Waals surface area contributed by atoms with Gasteiger partial charge in [0.1, 0.15) is 5.75 Å². The van der Waals surface area contributed by atoms with Gasteiger partial charge in [0.05, 0.1) is 7.11 Å². The minimum atomic E-state index is 0.790. The molecule has 2 aromatic carbocycles. The van der Waals surface area contributed by atoms with E-state index in [0.717, 1.165) is 17.3 Å².